The summed E-state index contributed by atoms with van der Waals surface area (Å²) in [6, 6.07) is 15.2. The summed E-state index contributed by atoms with van der Waals surface area (Å²) in [4.78, 5) is 24.3. The van der Waals surface area contributed by atoms with Crippen molar-refractivity contribution in [2.45, 2.75) is 6.54 Å². The molecule has 0 aliphatic rings. The van der Waals surface area contributed by atoms with E-state index < -0.39 is 0 Å². The van der Waals surface area contributed by atoms with Gasteiger partial charge in [0.15, 0.2) is 0 Å². The molecule has 3 N–H and O–H groups in total. The third-order valence-corrected chi connectivity index (χ3v) is 4.71. The number of carbonyl (C=O) groups excluding carboxylic acids is 1. The first-order valence-electron chi connectivity index (χ1n) is 9.27. The van der Waals surface area contributed by atoms with Crippen molar-refractivity contribution in [3.63, 3.8) is 0 Å². The number of aromatic amines is 2. The van der Waals surface area contributed by atoms with Gasteiger partial charge in [-0.25, -0.2) is 4.98 Å². The summed E-state index contributed by atoms with van der Waals surface area (Å²) >= 11 is 0. The summed E-state index contributed by atoms with van der Waals surface area (Å²) in [6.45, 7) is 0.354. The van der Waals surface area contributed by atoms with Crippen molar-refractivity contribution in [3.8, 4) is 22.5 Å². The third kappa shape index (κ3) is 3.51. The van der Waals surface area contributed by atoms with Crippen LogP contribution in [0, 0.1) is 0 Å². The van der Waals surface area contributed by atoms with E-state index >= 15 is 0 Å². The van der Waals surface area contributed by atoms with Crippen molar-refractivity contribution in [1.29, 1.82) is 0 Å². The Bertz CT molecular complexity index is 1330. The van der Waals surface area contributed by atoms with Crippen LogP contribution in [-0.2, 0) is 6.54 Å². The van der Waals surface area contributed by atoms with Crippen LogP contribution >= 0.6 is 0 Å². The highest BCUT2D eigenvalue weighted by molar-refractivity contribution is 5.93. The molecule has 1 amide bonds. The lowest BCUT2D eigenvalue weighted by Crippen LogP contribution is -2.23. The van der Waals surface area contributed by atoms with Gasteiger partial charge in [0.05, 0.1) is 0 Å². The van der Waals surface area contributed by atoms with Gasteiger partial charge in [-0.3, -0.25) is 9.78 Å². The Morgan fingerprint density at radius 3 is 2.87 bits per heavy atom. The molecule has 1 aromatic carbocycles. The summed E-state index contributed by atoms with van der Waals surface area (Å²) in [5.41, 5.74) is 4.72. The van der Waals surface area contributed by atoms with E-state index in [0.29, 0.717) is 18.1 Å². The summed E-state index contributed by atoms with van der Waals surface area (Å²) in [6.07, 6.45) is 5.25. The van der Waals surface area contributed by atoms with Crippen LogP contribution in [0.5, 0.6) is 0 Å². The number of carbonyl (C=O) groups is 1. The molecule has 0 saturated heterocycles. The van der Waals surface area contributed by atoms with Crippen LogP contribution in [0.15, 0.2) is 67.1 Å². The molecule has 4 aromatic heterocycles. The second-order valence-corrected chi connectivity index (χ2v) is 6.69. The number of fused-ring (bicyclic) bond motifs is 1. The van der Waals surface area contributed by atoms with Crippen LogP contribution in [-0.4, -0.2) is 41.5 Å². The minimum absolute atomic E-state index is 0.252. The standard InChI is InChI=1S/C21H16N8O/c30-21(25-11-13-2-1-3-15(8-13)20-26-28-29-27-20)18-10-14(4-6-22-18)17-9-16-5-7-23-19(16)24-12-17/h1-10,12H,11H2,(H,23,24)(H,25,30)(H,26,27,28,29). The lowest BCUT2D eigenvalue weighted by molar-refractivity contribution is 0.0946. The number of pyridine rings is 2. The molecule has 0 atom stereocenters. The highest BCUT2D eigenvalue weighted by atomic mass is 16.1. The molecule has 0 saturated carbocycles. The highest BCUT2D eigenvalue weighted by Crippen LogP contribution is 2.22. The first-order valence-corrected chi connectivity index (χ1v) is 9.27. The molecule has 146 valence electrons. The minimum atomic E-state index is -0.252. The van der Waals surface area contributed by atoms with Gasteiger partial charge in [-0.05, 0) is 46.7 Å². The number of hydrogen-bond acceptors (Lipinski definition) is 6. The maximum Gasteiger partial charge on any atom is 0.270 e. The molecule has 0 unspecified atom stereocenters. The molecule has 9 heteroatoms. The number of aromatic nitrogens is 7. The van der Waals surface area contributed by atoms with E-state index in [1.165, 1.54) is 0 Å². The topological polar surface area (TPSA) is 125 Å². The fourth-order valence-electron chi connectivity index (χ4n) is 3.21. The van der Waals surface area contributed by atoms with Crippen LogP contribution in [0.4, 0.5) is 0 Å². The average molecular weight is 396 g/mol. The van der Waals surface area contributed by atoms with E-state index in [9.17, 15) is 4.79 Å². The van der Waals surface area contributed by atoms with Crippen LogP contribution in [0.1, 0.15) is 16.1 Å². The van der Waals surface area contributed by atoms with Crippen LogP contribution in [0.3, 0.4) is 0 Å². The van der Waals surface area contributed by atoms with Crippen molar-refractivity contribution in [1.82, 2.24) is 40.9 Å². The van der Waals surface area contributed by atoms with E-state index in [1.807, 2.05) is 48.7 Å². The number of amides is 1. The quantitative estimate of drug-likeness (QED) is 0.419. The number of rotatable bonds is 5. The summed E-state index contributed by atoms with van der Waals surface area (Å²) in [5.74, 6) is 0.253. The number of tetrazole rings is 1. The maximum atomic E-state index is 12.7. The lowest BCUT2D eigenvalue weighted by atomic mass is 10.1. The number of nitrogens with zero attached hydrogens (tertiary/aromatic N) is 5. The number of nitrogens with one attached hydrogen (secondary N) is 3. The minimum Gasteiger partial charge on any atom is -0.347 e. The molecule has 30 heavy (non-hydrogen) atoms. The Morgan fingerprint density at radius 1 is 1.00 bits per heavy atom. The molecule has 0 aliphatic carbocycles. The smallest absolute Gasteiger partial charge is 0.270 e. The SMILES string of the molecule is O=C(NCc1cccc(-c2nn[nH]n2)c1)c1cc(-c2cnc3[nH]ccc3c2)ccn1. The summed E-state index contributed by atoms with van der Waals surface area (Å²) < 4.78 is 0. The summed E-state index contributed by atoms with van der Waals surface area (Å²) in [7, 11) is 0. The average Bonchev–Trinajstić information content (AvgIpc) is 3.49. The van der Waals surface area contributed by atoms with E-state index in [4.69, 9.17) is 0 Å². The molecule has 5 rings (SSSR count). The highest BCUT2D eigenvalue weighted by Gasteiger charge is 2.10. The van der Waals surface area contributed by atoms with Gasteiger partial charge in [0.25, 0.3) is 5.91 Å². The fourth-order valence-corrected chi connectivity index (χ4v) is 3.21. The monoisotopic (exact) mass is 396 g/mol. The van der Waals surface area contributed by atoms with Gasteiger partial charge >= 0.3 is 0 Å². The molecule has 5 aromatic rings. The van der Waals surface area contributed by atoms with Crippen molar-refractivity contribution < 1.29 is 4.79 Å². The fraction of sp³-hybridized carbons (Fsp3) is 0.0476. The van der Waals surface area contributed by atoms with Crippen molar-refractivity contribution in [2.24, 2.45) is 0 Å². The van der Waals surface area contributed by atoms with Crippen LogP contribution in [0.2, 0.25) is 0 Å². The molecule has 9 nitrogen and oxygen atoms in total. The second kappa shape index (κ2) is 7.55. The Balaban J connectivity index is 1.32. The predicted octanol–water partition coefficient (Wildman–Crippen LogP) is 2.74. The molecule has 0 spiro atoms. The maximum absolute atomic E-state index is 12.7. The molecular formula is C21H16N8O. The van der Waals surface area contributed by atoms with E-state index in [-0.39, 0.29) is 5.91 Å². The van der Waals surface area contributed by atoms with Gasteiger partial charge < -0.3 is 10.3 Å². The van der Waals surface area contributed by atoms with E-state index in [1.54, 1.807) is 18.5 Å². The first-order chi connectivity index (χ1) is 14.8. The van der Waals surface area contributed by atoms with Crippen LogP contribution in [0.25, 0.3) is 33.5 Å². The molecule has 4 heterocycles. The van der Waals surface area contributed by atoms with E-state index in [2.05, 4.69) is 40.9 Å². The van der Waals surface area contributed by atoms with Gasteiger partial charge in [-0.15, -0.1) is 10.2 Å². The zero-order chi connectivity index (χ0) is 20.3. The zero-order valence-corrected chi connectivity index (χ0v) is 15.7. The normalized spacial score (nSPS) is 10.9. The molecule has 0 radical (unpaired) electrons. The summed E-state index contributed by atoms with van der Waals surface area (Å²) in [5, 5.41) is 17.9. The van der Waals surface area contributed by atoms with E-state index in [0.717, 1.165) is 33.3 Å². The van der Waals surface area contributed by atoms with Gasteiger partial charge in [0.2, 0.25) is 5.82 Å². The van der Waals surface area contributed by atoms with Crippen molar-refractivity contribution in [2.75, 3.05) is 0 Å². The molecular weight excluding hydrogens is 380 g/mol. The van der Waals surface area contributed by atoms with Crippen molar-refractivity contribution >= 4 is 16.9 Å². The largest absolute Gasteiger partial charge is 0.347 e. The number of hydrogen-bond donors (Lipinski definition) is 3. The van der Waals surface area contributed by atoms with Gasteiger partial charge in [0.1, 0.15) is 11.3 Å². The first kappa shape index (κ1) is 17.7. The van der Waals surface area contributed by atoms with Gasteiger partial charge in [0, 0.05) is 41.6 Å². The van der Waals surface area contributed by atoms with Gasteiger partial charge in [-0.1, -0.05) is 18.2 Å². The lowest BCUT2D eigenvalue weighted by Gasteiger charge is -2.07. The van der Waals surface area contributed by atoms with Gasteiger partial charge in [-0.2, -0.15) is 5.21 Å². The Hall–Kier alpha value is -4.40. The third-order valence-electron chi connectivity index (χ3n) is 4.71. The molecule has 0 fully saturated rings. The number of H-pyrrole nitrogens is 2. The van der Waals surface area contributed by atoms with Crippen molar-refractivity contribution in [3.05, 3.63) is 78.4 Å². The second-order valence-electron chi connectivity index (χ2n) is 6.69. The Morgan fingerprint density at radius 2 is 1.97 bits per heavy atom. The molecule has 0 aliphatic heterocycles. The predicted molar refractivity (Wildman–Crippen MR) is 110 cm³/mol. The Labute approximate surface area is 170 Å². The molecule has 0 bridgehead atoms. The zero-order valence-electron chi connectivity index (χ0n) is 15.7. The Kier molecular flexibility index (Phi) is 4.45. The number of benzene rings is 1. The van der Waals surface area contributed by atoms with Crippen LogP contribution < -0.4 is 5.32 Å².